The molecular formula is C20H25N3O. The highest BCUT2D eigenvalue weighted by Crippen LogP contribution is 2.27. The molecule has 126 valence electrons. The predicted molar refractivity (Wildman–Crippen MR) is 95.6 cm³/mol. The van der Waals surface area contributed by atoms with Crippen molar-refractivity contribution in [2.24, 2.45) is 5.92 Å². The minimum Gasteiger partial charge on any atom is -0.342 e. The van der Waals surface area contributed by atoms with Gasteiger partial charge in [-0.2, -0.15) is 0 Å². The molecule has 0 saturated carbocycles. The highest BCUT2D eigenvalue weighted by molar-refractivity contribution is 5.78. The van der Waals surface area contributed by atoms with E-state index in [1.165, 1.54) is 5.56 Å². The summed E-state index contributed by atoms with van der Waals surface area (Å²) >= 11 is 0. The molecule has 1 atom stereocenters. The number of nitrogens with zero attached hydrogens (tertiary/aromatic N) is 3. The largest absolute Gasteiger partial charge is 0.342 e. The Hall–Kier alpha value is -2.23. The van der Waals surface area contributed by atoms with E-state index in [0.717, 1.165) is 43.0 Å². The van der Waals surface area contributed by atoms with Crippen molar-refractivity contribution in [3.05, 3.63) is 47.8 Å². The number of aryl methyl sites for hydroxylation is 1. The van der Waals surface area contributed by atoms with Gasteiger partial charge in [-0.05, 0) is 31.9 Å². The first-order chi connectivity index (χ1) is 11.5. The maximum Gasteiger partial charge on any atom is 0.225 e. The van der Waals surface area contributed by atoms with Crippen LogP contribution in [-0.2, 0) is 4.79 Å². The molecule has 24 heavy (non-hydrogen) atoms. The van der Waals surface area contributed by atoms with Gasteiger partial charge in [0, 0.05) is 42.4 Å². The Morgan fingerprint density at radius 2 is 2.12 bits per heavy atom. The molecular weight excluding hydrogens is 298 g/mol. The third kappa shape index (κ3) is 3.64. The van der Waals surface area contributed by atoms with E-state index >= 15 is 0 Å². The quantitative estimate of drug-likeness (QED) is 0.863. The number of carbonyl (C=O) groups excluding carboxylic acids is 1. The number of benzene rings is 1. The normalized spacial score (nSPS) is 18.0. The lowest BCUT2D eigenvalue weighted by atomic mass is 9.93. The zero-order chi connectivity index (χ0) is 17.1. The summed E-state index contributed by atoms with van der Waals surface area (Å²) < 4.78 is 0. The van der Waals surface area contributed by atoms with Crippen LogP contribution in [0.15, 0.2) is 36.5 Å². The van der Waals surface area contributed by atoms with Crippen LogP contribution < -0.4 is 0 Å². The maximum absolute atomic E-state index is 12.3. The highest BCUT2D eigenvalue weighted by Gasteiger charge is 2.27. The fourth-order valence-electron chi connectivity index (χ4n) is 3.31. The minimum absolute atomic E-state index is 0.0528. The summed E-state index contributed by atoms with van der Waals surface area (Å²) in [7, 11) is 0. The molecule has 0 radical (unpaired) electrons. The number of amides is 1. The maximum atomic E-state index is 12.3. The molecule has 1 fully saturated rings. The molecule has 0 aliphatic carbocycles. The van der Waals surface area contributed by atoms with E-state index in [9.17, 15) is 4.79 Å². The molecule has 3 rings (SSSR count). The van der Waals surface area contributed by atoms with Crippen LogP contribution in [0, 0.1) is 12.8 Å². The van der Waals surface area contributed by atoms with Crippen molar-refractivity contribution in [3.8, 4) is 11.4 Å². The van der Waals surface area contributed by atoms with Crippen LogP contribution in [0.1, 0.15) is 43.9 Å². The molecule has 2 aromatic rings. The van der Waals surface area contributed by atoms with Gasteiger partial charge in [0.2, 0.25) is 5.91 Å². The Kier molecular flexibility index (Phi) is 4.93. The Balaban J connectivity index is 1.82. The average molecular weight is 323 g/mol. The molecule has 2 heterocycles. The van der Waals surface area contributed by atoms with Crippen LogP contribution in [-0.4, -0.2) is 33.9 Å². The Bertz CT molecular complexity index is 726. The summed E-state index contributed by atoms with van der Waals surface area (Å²) in [4.78, 5) is 23.5. The first-order valence-corrected chi connectivity index (χ1v) is 8.73. The van der Waals surface area contributed by atoms with E-state index < -0.39 is 0 Å². The number of aromatic nitrogens is 2. The molecule has 1 aromatic heterocycles. The topological polar surface area (TPSA) is 46.1 Å². The number of piperidine rings is 1. The van der Waals surface area contributed by atoms with E-state index in [1.54, 1.807) is 0 Å². The molecule has 4 nitrogen and oxygen atoms in total. The third-order valence-electron chi connectivity index (χ3n) is 4.60. The Labute approximate surface area is 143 Å². The lowest BCUT2D eigenvalue weighted by Crippen LogP contribution is -2.41. The van der Waals surface area contributed by atoms with Crippen LogP contribution >= 0.6 is 0 Å². The van der Waals surface area contributed by atoms with Crippen molar-refractivity contribution < 1.29 is 4.79 Å². The first kappa shape index (κ1) is 16.6. The lowest BCUT2D eigenvalue weighted by molar-refractivity contribution is -0.135. The fraction of sp³-hybridized carbons (Fsp3) is 0.450. The van der Waals surface area contributed by atoms with E-state index in [1.807, 2.05) is 43.1 Å². The van der Waals surface area contributed by atoms with Crippen LogP contribution in [0.5, 0.6) is 0 Å². The first-order valence-electron chi connectivity index (χ1n) is 8.73. The molecule has 1 amide bonds. The molecule has 1 aromatic carbocycles. The van der Waals surface area contributed by atoms with Crippen LogP contribution in [0.4, 0.5) is 0 Å². The summed E-state index contributed by atoms with van der Waals surface area (Å²) in [6.07, 6.45) is 3.95. The second-order valence-corrected chi connectivity index (χ2v) is 6.95. The van der Waals surface area contributed by atoms with Crippen LogP contribution in [0.3, 0.4) is 0 Å². The predicted octanol–water partition coefficient (Wildman–Crippen LogP) is 3.81. The van der Waals surface area contributed by atoms with Crippen molar-refractivity contribution in [3.63, 3.8) is 0 Å². The zero-order valence-corrected chi connectivity index (χ0v) is 14.7. The van der Waals surface area contributed by atoms with Gasteiger partial charge < -0.3 is 4.90 Å². The number of hydrogen-bond donors (Lipinski definition) is 0. The van der Waals surface area contributed by atoms with Crippen molar-refractivity contribution in [2.75, 3.05) is 13.1 Å². The zero-order valence-electron chi connectivity index (χ0n) is 14.7. The van der Waals surface area contributed by atoms with Gasteiger partial charge in [-0.3, -0.25) is 4.79 Å². The Morgan fingerprint density at radius 3 is 2.88 bits per heavy atom. The summed E-state index contributed by atoms with van der Waals surface area (Å²) in [6, 6.07) is 10.2. The number of carbonyl (C=O) groups is 1. The van der Waals surface area contributed by atoms with Crippen molar-refractivity contribution in [1.82, 2.24) is 14.9 Å². The summed E-state index contributed by atoms with van der Waals surface area (Å²) in [5, 5.41) is 0. The van der Waals surface area contributed by atoms with Gasteiger partial charge in [-0.15, -0.1) is 0 Å². The van der Waals surface area contributed by atoms with Gasteiger partial charge in [0.15, 0.2) is 5.82 Å². The Morgan fingerprint density at radius 1 is 1.29 bits per heavy atom. The monoisotopic (exact) mass is 323 g/mol. The van der Waals surface area contributed by atoms with Gasteiger partial charge in [0.1, 0.15) is 0 Å². The van der Waals surface area contributed by atoms with Gasteiger partial charge in [-0.1, -0.05) is 37.6 Å². The average Bonchev–Trinajstić information content (AvgIpc) is 2.61. The molecule has 1 aliphatic rings. The van der Waals surface area contributed by atoms with Gasteiger partial charge in [0.05, 0.1) is 0 Å². The smallest absolute Gasteiger partial charge is 0.225 e. The van der Waals surface area contributed by atoms with Crippen LogP contribution in [0.2, 0.25) is 0 Å². The second-order valence-electron chi connectivity index (χ2n) is 6.95. The van der Waals surface area contributed by atoms with E-state index in [0.29, 0.717) is 5.92 Å². The standard InChI is InChI=1S/C20H25N3O/c1-14(2)20(24)23-11-5-8-17(13-23)18-9-10-21-19(22-18)16-7-4-6-15(3)12-16/h4,6-7,9-10,12,14,17H,5,8,11,13H2,1-3H3/t17-/m1/s1. The molecule has 0 spiro atoms. The van der Waals surface area contributed by atoms with E-state index in [4.69, 9.17) is 4.98 Å². The fourth-order valence-corrected chi connectivity index (χ4v) is 3.31. The molecule has 0 unspecified atom stereocenters. The lowest BCUT2D eigenvalue weighted by Gasteiger charge is -2.33. The number of rotatable bonds is 3. The van der Waals surface area contributed by atoms with Crippen molar-refractivity contribution >= 4 is 5.91 Å². The van der Waals surface area contributed by atoms with Gasteiger partial charge in [0.25, 0.3) is 0 Å². The van der Waals surface area contributed by atoms with Crippen LogP contribution in [0.25, 0.3) is 11.4 Å². The molecule has 0 N–H and O–H groups in total. The second kappa shape index (κ2) is 7.12. The summed E-state index contributed by atoms with van der Waals surface area (Å²) in [5.74, 6) is 1.36. The third-order valence-corrected chi connectivity index (χ3v) is 4.60. The minimum atomic E-state index is 0.0528. The van der Waals surface area contributed by atoms with Crippen molar-refractivity contribution in [1.29, 1.82) is 0 Å². The van der Waals surface area contributed by atoms with E-state index in [-0.39, 0.29) is 11.8 Å². The SMILES string of the molecule is Cc1cccc(-c2nccc([C@@H]3CCCN(C(=O)C(C)C)C3)n2)c1. The summed E-state index contributed by atoms with van der Waals surface area (Å²) in [6.45, 7) is 7.63. The summed E-state index contributed by atoms with van der Waals surface area (Å²) in [5.41, 5.74) is 3.29. The molecule has 1 saturated heterocycles. The molecule has 0 bridgehead atoms. The highest BCUT2D eigenvalue weighted by atomic mass is 16.2. The molecule has 1 aliphatic heterocycles. The molecule has 4 heteroatoms. The van der Waals surface area contributed by atoms with E-state index in [2.05, 4.69) is 24.0 Å². The number of hydrogen-bond acceptors (Lipinski definition) is 3. The van der Waals surface area contributed by atoms with Gasteiger partial charge in [-0.25, -0.2) is 9.97 Å². The van der Waals surface area contributed by atoms with Gasteiger partial charge >= 0.3 is 0 Å². The van der Waals surface area contributed by atoms with Crippen molar-refractivity contribution in [2.45, 2.75) is 39.5 Å². The number of likely N-dealkylation sites (tertiary alicyclic amines) is 1.